The van der Waals surface area contributed by atoms with Gasteiger partial charge in [0, 0.05) is 28.0 Å². The van der Waals surface area contributed by atoms with Crippen molar-refractivity contribution in [3.05, 3.63) is 92.1 Å². The predicted octanol–water partition coefficient (Wildman–Crippen LogP) is 7.48. The SMILES string of the molecule is CC(=O)O.N#Cc1ccc(CSc2nc3c(c(-c4cccs4)c2C#N)CCC3=Cc2cccs2)cc1. The molecular weight excluding hydrogens is 507 g/mol. The van der Waals surface area contributed by atoms with Gasteiger partial charge >= 0.3 is 0 Å². The number of hydrogen-bond acceptors (Lipinski definition) is 7. The Labute approximate surface area is 222 Å². The molecule has 0 atom stereocenters. The quantitative estimate of drug-likeness (QED) is 0.270. The van der Waals surface area contributed by atoms with E-state index in [-0.39, 0.29) is 0 Å². The molecule has 36 heavy (non-hydrogen) atoms. The summed E-state index contributed by atoms with van der Waals surface area (Å²) in [6.07, 6.45) is 4.08. The summed E-state index contributed by atoms with van der Waals surface area (Å²) in [5, 5.41) is 31.5. The van der Waals surface area contributed by atoms with Crippen molar-refractivity contribution in [2.24, 2.45) is 0 Å². The second-order valence-electron chi connectivity index (χ2n) is 7.88. The van der Waals surface area contributed by atoms with Crippen LogP contribution in [-0.4, -0.2) is 16.1 Å². The summed E-state index contributed by atoms with van der Waals surface area (Å²) < 4.78 is 0. The summed E-state index contributed by atoms with van der Waals surface area (Å²) >= 11 is 4.98. The fourth-order valence-electron chi connectivity index (χ4n) is 3.90. The molecule has 3 aromatic heterocycles. The first-order chi connectivity index (χ1) is 17.5. The number of carbonyl (C=O) groups is 1. The van der Waals surface area contributed by atoms with E-state index in [9.17, 15) is 5.26 Å². The van der Waals surface area contributed by atoms with Crippen molar-refractivity contribution in [2.75, 3.05) is 0 Å². The second-order valence-corrected chi connectivity index (χ2v) is 10.8. The van der Waals surface area contributed by atoms with Crippen molar-refractivity contribution in [1.82, 2.24) is 4.98 Å². The van der Waals surface area contributed by atoms with Gasteiger partial charge in [-0.15, -0.1) is 34.4 Å². The molecule has 5 rings (SSSR count). The van der Waals surface area contributed by atoms with E-state index in [2.05, 4.69) is 47.2 Å². The maximum absolute atomic E-state index is 10.1. The fraction of sp³-hybridized carbons (Fsp3) is 0.143. The Morgan fingerprint density at radius 2 is 1.81 bits per heavy atom. The minimum Gasteiger partial charge on any atom is -0.481 e. The third-order valence-electron chi connectivity index (χ3n) is 5.41. The second kappa shape index (κ2) is 11.8. The number of allylic oxidation sites excluding steroid dienone is 1. The zero-order chi connectivity index (χ0) is 25.5. The van der Waals surface area contributed by atoms with E-state index in [1.54, 1.807) is 34.4 Å². The van der Waals surface area contributed by atoms with Crippen LogP contribution in [0.5, 0.6) is 0 Å². The van der Waals surface area contributed by atoms with Crippen molar-refractivity contribution in [2.45, 2.75) is 30.5 Å². The lowest BCUT2D eigenvalue weighted by molar-refractivity contribution is -0.134. The summed E-state index contributed by atoms with van der Waals surface area (Å²) in [5.41, 5.74) is 6.93. The molecule has 0 aliphatic heterocycles. The number of aromatic nitrogens is 1. The molecule has 1 aliphatic carbocycles. The van der Waals surface area contributed by atoms with Crippen LogP contribution in [0.15, 0.2) is 64.3 Å². The minimum absolute atomic E-state index is 0.649. The molecule has 1 aromatic carbocycles. The zero-order valence-corrected chi connectivity index (χ0v) is 21.8. The molecule has 8 heteroatoms. The topological polar surface area (TPSA) is 97.8 Å². The molecule has 5 nitrogen and oxygen atoms in total. The van der Waals surface area contributed by atoms with E-state index in [0.29, 0.717) is 16.9 Å². The van der Waals surface area contributed by atoms with Crippen LogP contribution in [0.1, 0.15) is 46.2 Å². The number of nitrogens with zero attached hydrogens (tertiary/aromatic N) is 3. The highest BCUT2D eigenvalue weighted by atomic mass is 32.2. The van der Waals surface area contributed by atoms with Crippen LogP contribution in [0.25, 0.3) is 22.1 Å². The number of pyridine rings is 1. The molecule has 0 unspecified atom stereocenters. The number of nitriles is 2. The summed E-state index contributed by atoms with van der Waals surface area (Å²) in [4.78, 5) is 16.4. The molecule has 0 saturated carbocycles. The smallest absolute Gasteiger partial charge is 0.300 e. The molecule has 4 aromatic rings. The van der Waals surface area contributed by atoms with Crippen LogP contribution >= 0.6 is 34.4 Å². The van der Waals surface area contributed by atoms with Crippen molar-refractivity contribution in [1.29, 1.82) is 10.5 Å². The normalized spacial score (nSPS) is 12.8. The first-order valence-electron chi connectivity index (χ1n) is 11.1. The van der Waals surface area contributed by atoms with Crippen molar-refractivity contribution in [3.8, 4) is 22.6 Å². The Morgan fingerprint density at radius 3 is 2.42 bits per heavy atom. The molecule has 1 N–H and O–H groups in total. The first kappa shape index (κ1) is 25.4. The Hall–Kier alpha value is -3.69. The highest BCUT2D eigenvalue weighted by Crippen LogP contribution is 2.44. The number of fused-ring (bicyclic) bond motifs is 1. The van der Waals surface area contributed by atoms with Crippen LogP contribution in [0.2, 0.25) is 0 Å². The molecule has 178 valence electrons. The van der Waals surface area contributed by atoms with Gasteiger partial charge in [-0.25, -0.2) is 4.98 Å². The van der Waals surface area contributed by atoms with Gasteiger partial charge in [0.05, 0.1) is 22.9 Å². The van der Waals surface area contributed by atoms with E-state index in [0.717, 1.165) is 46.5 Å². The molecule has 0 spiro atoms. The van der Waals surface area contributed by atoms with Crippen LogP contribution in [0, 0.1) is 22.7 Å². The Balaban J connectivity index is 0.000000709. The maximum Gasteiger partial charge on any atom is 0.300 e. The Bertz CT molecular complexity index is 1470. The van der Waals surface area contributed by atoms with Gasteiger partial charge in [-0.05, 0) is 70.6 Å². The number of hydrogen-bond donors (Lipinski definition) is 1. The highest BCUT2D eigenvalue weighted by molar-refractivity contribution is 7.98. The van der Waals surface area contributed by atoms with E-state index in [1.807, 2.05) is 30.3 Å². The summed E-state index contributed by atoms with van der Waals surface area (Å²) in [7, 11) is 0. The van der Waals surface area contributed by atoms with Gasteiger partial charge < -0.3 is 5.11 Å². The average molecular weight is 528 g/mol. The number of rotatable bonds is 5. The number of carboxylic acid groups (broad SMARTS) is 1. The van der Waals surface area contributed by atoms with E-state index in [1.165, 1.54) is 16.0 Å². The average Bonchev–Trinajstić information content (AvgIpc) is 3.65. The lowest BCUT2D eigenvalue weighted by Gasteiger charge is -2.13. The predicted molar refractivity (Wildman–Crippen MR) is 147 cm³/mol. The minimum atomic E-state index is -0.833. The summed E-state index contributed by atoms with van der Waals surface area (Å²) in [6.45, 7) is 1.08. The Morgan fingerprint density at radius 1 is 1.08 bits per heavy atom. The van der Waals surface area contributed by atoms with Crippen LogP contribution in [0.4, 0.5) is 0 Å². The molecule has 0 fully saturated rings. The molecule has 0 saturated heterocycles. The van der Waals surface area contributed by atoms with Crippen molar-refractivity contribution in [3.63, 3.8) is 0 Å². The van der Waals surface area contributed by atoms with Gasteiger partial charge in [-0.3, -0.25) is 4.79 Å². The van der Waals surface area contributed by atoms with Gasteiger partial charge in [0.25, 0.3) is 5.97 Å². The number of aliphatic carboxylic acids is 1. The molecule has 1 aliphatic rings. The maximum atomic E-state index is 10.1. The molecule has 0 amide bonds. The van der Waals surface area contributed by atoms with Crippen molar-refractivity contribution < 1.29 is 9.90 Å². The van der Waals surface area contributed by atoms with Gasteiger partial charge in [0.2, 0.25) is 0 Å². The molecule has 3 heterocycles. The van der Waals surface area contributed by atoms with Gasteiger partial charge in [-0.2, -0.15) is 10.5 Å². The molecule has 0 bridgehead atoms. The standard InChI is InChI=1S/C26H17N3S3.C2H4O2/c27-14-17-5-7-18(8-6-17)16-32-26-22(15-28)24(23-4-2-12-31-23)21-10-9-19(25(21)29-26)13-20-3-1-11-30-20;1-2(3)4/h1-8,11-13H,9-10,16H2;1H3,(H,3,4). The third-order valence-corrected chi connectivity index (χ3v) is 8.16. The Kier molecular flexibility index (Phi) is 8.35. The number of thioether (sulfide) groups is 1. The van der Waals surface area contributed by atoms with E-state index >= 15 is 0 Å². The van der Waals surface area contributed by atoms with Gasteiger partial charge in [-0.1, -0.05) is 24.3 Å². The van der Waals surface area contributed by atoms with Crippen LogP contribution in [0.3, 0.4) is 0 Å². The summed E-state index contributed by atoms with van der Waals surface area (Å²) in [6, 6.07) is 20.5. The van der Waals surface area contributed by atoms with Crippen LogP contribution < -0.4 is 0 Å². The number of carboxylic acids is 1. The lowest BCUT2D eigenvalue weighted by Crippen LogP contribution is -2.00. The van der Waals surface area contributed by atoms with Gasteiger partial charge in [0.1, 0.15) is 11.1 Å². The largest absolute Gasteiger partial charge is 0.481 e. The third kappa shape index (κ3) is 5.92. The monoisotopic (exact) mass is 527 g/mol. The number of benzene rings is 1. The molecule has 0 radical (unpaired) electrons. The fourth-order valence-corrected chi connectivity index (χ4v) is 6.33. The zero-order valence-electron chi connectivity index (χ0n) is 19.4. The highest BCUT2D eigenvalue weighted by Gasteiger charge is 2.27. The molecular formula is C28H21N3O2S3. The van der Waals surface area contributed by atoms with E-state index < -0.39 is 5.97 Å². The van der Waals surface area contributed by atoms with Crippen LogP contribution in [-0.2, 0) is 17.0 Å². The van der Waals surface area contributed by atoms with E-state index in [4.69, 9.17) is 20.1 Å². The van der Waals surface area contributed by atoms with Crippen molar-refractivity contribution >= 4 is 52.1 Å². The summed E-state index contributed by atoms with van der Waals surface area (Å²) in [5.74, 6) is -0.139. The lowest BCUT2D eigenvalue weighted by atomic mass is 10.0. The van der Waals surface area contributed by atoms with Gasteiger partial charge in [0.15, 0.2) is 0 Å². The first-order valence-corrected chi connectivity index (χ1v) is 13.8. The number of thiophene rings is 2.